The number of hydrogen-bond donors (Lipinski definition) is 2. The minimum absolute atomic E-state index is 0.119. The number of nitrogens with two attached hydrogens (primary N) is 1. The van der Waals surface area contributed by atoms with Gasteiger partial charge in [-0.2, -0.15) is 5.10 Å². The number of nitrogen functional groups attached to an aromatic ring is 1. The molecule has 0 amide bonds. The van der Waals surface area contributed by atoms with Crippen LogP contribution in [0.15, 0.2) is 60.5 Å². The minimum Gasteiger partial charge on any atom is -0.498 e. The summed E-state index contributed by atoms with van der Waals surface area (Å²) in [7, 11) is 0. The standard InChI is InChI=1S/C24H36N6O2/c1-20(28-12-14-29(15-13-28)24-9-7-23(25)8-10-24)5-6-21(2)32-17-22(16-31)4-3-11-30-19-26-18-27-30/h5-10,18-19,22,31H,3-4,11-17,25H2,1-2H3/b20-5+,21-6+/t22-/m0/s1. The van der Waals surface area contributed by atoms with Crippen molar-refractivity contribution in [3.63, 3.8) is 0 Å². The molecule has 0 aliphatic carbocycles. The molecule has 1 aliphatic heterocycles. The van der Waals surface area contributed by atoms with E-state index in [1.54, 1.807) is 6.33 Å². The van der Waals surface area contributed by atoms with Crippen molar-refractivity contribution in [1.29, 1.82) is 0 Å². The van der Waals surface area contributed by atoms with Crippen molar-refractivity contribution in [3.05, 3.63) is 60.5 Å². The zero-order valence-electron chi connectivity index (χ0n) is 19.2. The number of aliphatic hydroxyl groups excluding tert-OH is 1. The van der Waals surface area contributed by atoms with Crippen LogP contribution in [0.25, 0.3) is 0 Å². The SMILES string of the molecule is C/C(=C\C=C(/C)N1CCN(c2ccc(N)cc2)CC1)OC[C@H](CO)CCCn1cncn1. The van der Waals surface area contributed by atoms with Crippen LogP contribution in [-0.4, -0.2) is 64.2 Å². The van der Waals surface area contributed by atoms with E-state index in [0.29, 0.717) is 6.61 Å². The third kappa shape index (κ3) is 7.30. The Kier molecular flexibility index (Phi) is 8.98. The van der Waals surface area contributed by atoms with E-state index < -0.39 is 0 Å². The van der Waals surface area contributed by atoms with Crippen molar-refractivity contribution in [2.24, 2.45) is 5.92 Å². The molecule has 2 heterocycles. The highest BCUT2D eigenvalue weighted by molar-refractivity contribution is 5.53. The molecule has 0 saturated carbocycles. The van der Waals surface area contributed by atoms with Crippen LogP contribution in [0.5, 0.6) is 0 Å². The van der Waals surface area contributed by atoms with Gasteiger partial charge in [-0.1, -0.05) is 0 Å². The van der Waals surface area contributed by atoms with Gasteiger partial charge in [0.2, 0.25) is 0 Å². The zero-order chi connectivity index (χ0) is 22.8. The second kappa shape index (κ2) is 12.1. The van der Waals surface area contributed by atoms with Crippen LogP contribution < -0.4 is 10.6 Å². The Morgan fingerprint density at radius 3 is 2.56 bits per heavy atom. The third-order valence-corrected chi connectivity index (χ3v) is 5.87. The molecule has 1 aromatic carbocycles. The Morgan fingerprint density at radius 1 is 1.16 bits per heavy atom. The molecule has 0 unspecified atom stereocenters. The number of nitrogens with zero attached hydrogens (tertiary/aromatic N) is 5. The summed E-state index contributed by atoms with van der Waals surface area (Å²) < 4.78 is 7.70. The predicted octanol–water partition coefficient (Wildman–Crippen LogP) is 2.90. The van der Waals surface area contributed by atoms with Crippen LogP contribution in [0, 0.1) is 5.92 Å². The highest BCUT2D eigenvalue weighted by Gasteiger charge is 2.17. The smallest absolute Gasteiger partial charge is 0.137 e. The van der Waals surface area contributed by atoms with E-state index in [4.69, 9.17) is 10.5 Å². The Bertz CT molecular complexity index is 855. The lowest BCUT2D eigenvalue weighted by Gasteiger charge is -2.37. The summed E-state index contributed by atoms with van der Waals surface area (Å²) in [4.78, 5) is 8.74. The Balaban J connectivity index is 1.39. The number of hydrogen-bond acceptors (Lipinski definition) is 7. The lowest BCUT2D eigenvalue weighted by atomic mass is 10.1. The lowest BCUT2D eigenvalue weighted by Crippen LogP contribution is -2.45. The van der Waals surface area contributed by atoms with Gasteiger partial charge in [0.1, 0.15) is 12.7 Å². The fraction of sp³-hybridized carbons (Fsp3) is 0.500. The maximum absolute atomic E-state index is 9.64. The highest BCUT2D eigenvalue weighted by Crippen LogP contribution is 2.19. The zero-order valence-corrected chi connectivity index (χ0v) is 19.2. The Hall–Kier alpha value is -3.00. The van der Waals surface area contributed by atoms with Crippen molar-refractivity contribution in [3.8, 4) is 0 Å². The first-order valence-corrected chi connectivity index (χ1v) is 11.3. The van der Waals surface area contributed by atoms with E-state index in [1.807, 2.05) is 29.8 Å². The van der Waals surface area contributed by atoms with Gasteiger partial charge in [0.05, 0.1) is 12.4 Å². The molecule has 8 nitrogen and oxygen atoms in total. The molecular formula is C24H36N6O2. The largest absolute Gasteiger partial charge is 0.498 e. The van der Waals surface area contributed by atoms with Crippen LogP contribution in [0.1, 0.15) is 26.7 Å². The first-order chi connectivity index (χ1) is 15.5. The van der Waals surface area contributed by atoms with Gasteiger partial charge in [-0.05, 0) is 63.1 Å². The van der Waals surface area contributed by atoms with Crippen molar-refractivity contribution < 1.29 is 9.84 Å². The first kappa shape index (κ1) is 23.7. The molecule has 1 atom stereocenters. The van der Waals surface area contributed by atoms with Crippen LogP contribution in [0.2, 0.25) is 0 Å². The van der Waals surface area contributed by atoms with E-state index in [1.165, 1.54) is 17.7 Å². The molecule has 0 spiro atoms. The Labute approximate surface area is 191 Å². The predicted molar refractivity (Wildman–Crippen MR) is 128 cm³/mol. The van der Waals surface area contributed by atoms with Crippen LogP contribution >= 0.6 is 0 Å². The number of piperazine rings is 1. The van der Waals surface area contributed by atoms with E-state index in [9.17, 15) is 5.11 Å². The van der Waals surface area contributed by atoms with Gasteiger partial charge in [0, 0.05) is 62.3 Å². The Morgan fingerprint density at radius 2 is 1.91 bits per heavy atom. The van der Waals surface area contributed by atoms with Gasteiger partial charge < -0.3 is 25.4 Å². The van der Waals surface area contributed by atoms with Crippen molar-refractivity contribution in [1.82, 2.24) is 19.7 Å². The number of aliphatic hydroxyl groups is 1. The van der Waals surface area contributed by atoms with Crippen molar-refractivity contribution >= 4 is 11.4 Å². The van der Waals surface area contributed by atoms with Gasteiger partial charge in [0.15, 0.2) is 0 Å². The second-order valence-corrected chi connectivity index (χ2v) is 8.31. The molecule has 0 bridgehead atoms. The molecule has 3 N–H and O–H groups in total. The van der Waals surface area contributed by atoms with Crippen molar-refractivity contribution in [2.75, 3.05) is 50.0 Å². The molecular weight excluding hydrogens is 404 g/mol. The molecule has 1 saturated heterocycles. The molecule has 1 aliphatic rings. The topological polar surface area (TPSA) is 92.7 Å². The van der Waals surface area contributed by atoms with Gasteiger partial charge in [0.25, 0.3) is 0 Å². The van der Waals surface area contributed by atoms with Gasteiger partial charge in [-0.25, -0.2) is 4.98 Å². The van der Waals surface area contributed by atoms with E-state index in [0.717, 1.165) is 57.0 Å². The lowest BCUT2D eigenvalue weighted by molar-refractivity contribution is 0.112. The third-order valence-electron chi connectivity index (χ3n) is 5.87. The molecule has 32 heavy (non-hydrogen) atoms. The van der Waals surface area contributed by atoms with E-state index >= 15 is 0 Å². The summed E-state index contributed by atoms with van der Waals surface area (Å²) in [5.74, 6) is 0.980. The number of ether oxygens (including phenoxy) is 1. The molecule has 2 aromatic rings. The number of benzene rings is 1. The average Bonchev–Trinajstić information content (AvgIpc) is 3.34. The van der Waals surface area contributed by atoms with Crippen molar-refractivity contribution in [2.45, 2.75) is 33.2 Å². The van der Waals surface area contributed by atoms with Gasteiger partial charge in [-0.15, -0.1) is 0 Å². The van der Waals surface area contributed by atoms with Crippen LogP contribution in [-0.2, 0) is 11.3 Å². The average molecular weight is 441 g/mol. The number of rotatable bonds is 11. The summed E-state index contributed by atoms with van der Waals surface area (Å²) in [5, 5.41) is 13.7. The molecule has 0 radical (unpaired) electrons. The molecule has 1 aromatic heterocycles. The van der Waals surface area contributed by atoms with Gasteiger partial charge in [-0.3, -0.25) is 4.68 Å². The monoisotopic (exact) mass is 440 g/mol. The maximum atomic E-state index is 9.64. The normalized spacial score (nSPS) is 16.3. The summed E-state index contributed by atoms with van der Waals surface area (Å²) in [6.07, 6.45) is 9.21. The first-order valence-electron chi connectivity index (χ1n) is 11.3. The number of aromatic nitrogens is 3. The minimum atomic E-state index is 0.119. The van der Waals surface area contributed by atoms with Gasteiger partial charge >= 0.3 is 0 Å². The summed E-state index contributed by atoms with van der Waals surface area (Å²) in [6.45, 7) is 9.50. The molecule has 174 valence electrons. The summed E-state index contributed by atoms with van der Waals surface area (Å²) in [6, 6.07) is 8.09. The quantitative estimate of drug-likeness (QED) is 0.315. The van der Waals surface area contributed by atoms with E-state index in [2.05, 4.69) is 45.0 Å². The summed E-state index contributed by atoms with van der Waals surface area (Å²) in [5.41, 5.74) is 9.05. The van der Waals surface area contributed by atoms with Crippen LogP contribution in [0.4, 0.5) is 11.4 Å². The molecule has 3 rings (SSSR count). The van der Waals surface area contributed by atoms with Crippen LogP contribution in [0.3, 0.4) is 0 Å². The highest BCUT2D eigenvalue weighted by atomic mass is 16.5. The summed E-state index contributed by atoms with van der Waals surface area (Å²) >= 11 is 0. The number of aryl methyl sites for hydroxylation is 1. The fourth-order valence-corrected chi connectivity index (χ4v) is 3.76. The molecule has 8 heteroatoms. The second-order valence-electron chi connectivity index (χ2n) is 8.31. The number of allylic oxidation sites excluding steroid dienone is 4. The number of anilines is 2. The fourth-order valence-electron chi connectivity index (χ4n) is 3.76. The molecule has 1 fully saturated rings. The maximum Gasteiger partial charge on any atom is 0.137 e. The van der Waals surface area contributed by atoms with E-state index in [-0.39, 0.29) is 12.5 Å².